The summed E-state index contributed by atoms with van der Waals surface area (Å²) in [5.74, 6) is 0. The van der Waals surface area contributed by atoms with Gasteiger partial charge in [0, 0.05) is 42.0 Å². The Labute approximate surface area is 99.2 Å². The summed E-state index contributed by atoms with van der Waals surface area (Å²) in [5, 5.41) is 1.19. The average molecular weight is 246 g/mol. The van der Waals surface area contributed by atoms with Gasteiger partial charge in [0.05, 0.1) is 0 Å². The molecule has 0 amide bonds. The molecule has 0 unspecified atom stereocenters. The van der Waals surface area contributed by atoms with Gasteiger partial charge in [-0.15, -0.1) is 0 Å². The summed E-state index contributed by atoms with van der Waals surface area (Å²) in [5.41, 5.74) is 7.44. The number of rotatable bonds is 2. The highest BCUT2D eigenvalue weighted by Crippen LogP contribution is 2.26. The zero-order valence-corrected chi connectivity index (χ0v) is 10.0. The molecule has 1 aromatic rings. The van der Waals surface area contributed by atoms with Crippen LogP contribution in [0.15, 0.2) is 6.07 Å². The second-order valence-corrected chi connectivity index (χ2v) is 4.73. The molecular formula is C10H13Cl2N3. The molecule has 0 saturated carbocycles. The van der Waals surface area contributed by atoms with Crippen molar-refractivity contribution in [2.24, 2.45) is 5.73 Å². The van der Waals surface area contributed by atoms with Gasteiger partial charge in [0.25, 0.3) is 0 Å². The van der Waals surface area contributed by atoms with Crippen molar-refractivity contribution >= 4 is 23.2 Å². The number of hydrogen-bond acceptors (Lipinski definition) is 3. The van der Waals surface area contributed by atoms with Gasteiger partial charge in [-0.3, -0.25) is 4.90 Å². The van der Waals surface area contributed by atoms with Crippen LogP contribution < -0.4 is 5.73 Å². The number of halogens is 2. The molecule has 1 aromatic heterocycles. The fourth-order valence-electron chi connectivity index (χ4n) is 1.73. The predicted octanol–water partition coefficient (Wildman–Crippen LogP) is 1.84. The van der Waals surface area contributed by atoms with Gasteiger partial charge in [0.1, 0.15) is 5.15 Å². The minimum Gasteiger partial charge on any atom is -0.325 e. The van der Waals surface area contributed by atoms with E-state index in [2.05, 4.69) is 9.88 Å². The van der Waals surface area contributed by atoms with E-state index in [1.807, 2.05) is 13.0 Å². The van der Waals surface area contributed by atoms with E-state index in [4.69, 9.17) is 28.9 Å². The van der Waals surface area contributed by atoms with Gasteiger partial charge in [-0.25, -0.2) is 4.98 Å². The van der Waals surface area contributed by atoms with E-state index < -0.39 is 0 Å². The van der Waals surface area contributed by atoms with E-state index in [0.717, 1.165) is 30.9 Å². The van der Waals surface area contributed by atoms with Crippen LogP contribution in [-0.4, -0.2) is 29.0 Å². The van der Waals surface area contributed by atoms with Gasteiger partial charge in [-0.05, 0) is 13.0 Å². The molecule has 2 heterocycles. The number of pyridine rings is 1. The molecule has 5 heteroatoms. The van der Waals surface area contributed by atoms with Crippen LogP contribution in [0.2, 0.25) is 10.2 Å². The van der Waals surface area contributed by atoms with Crippen molar-refractivity contribution in [3.8, 4) is 0 Å². The molecular weight excluding hydrogens is 233 g/mol. The van der Waals surface area contributed by atoms with E-state index in [9.17, 15) is 0 Å². The SMILES string of the molecule is Cc1cc(Cl)c(CN2CC(N)C2)c(Cl)n1. The number of nitrogens with zero attached hydrogens (tertiary/aromatic N) is 2. The van der Waals surface area contributed by atoms with Crippen molar-refractivity contribution in [2.45, 2.75) is 19.5 Å². The summed E-state index contributed by atoms with van der Waals surface area (Å²) in [4.78, 5) is 6.39. The van der Waals surface area contributed by atoms with Gasteiger partial charge in [-0.1, -0.05) is 23.2 Å². The molecule has 2 N–H and O–H groups in total. The topological polar surface area (TPSA) is 42.1 Å². The van der Waals surface area contributed by atoms with Gasteiger partial charge in [0.2, 0.25) is 0 Å². The van der Waals surface area contributed by atoms with Crippen molar-refractivity contribution in [2.75, 3.05) is 13.1 Å². The Morgan fingerprint density at radius 1 is 1.53 bits per heavy atom. The van der Waals surface area contributed by atoms with E-state index in [1.54, 1.807) is 0 Å². The minimum absolute atomic E-state index is 0.293. The maximum atomic E-state index is 6.11. The molecule has 3 nitrogen and oxygen atoms in total. The Morgan fingerprint density at radius 3 is 2.73 bits per heavy atom. The van der Waals surface area contributed by atoms with E-state index in [1.165, 1.54) is 0 Å². The van der Waals surface area contributed by atoms with E-state index >= 15 is 0 Å². The highest BCUT2D eigenvalue weighted by molar-refractivity contribution is 6.35. The van der Waals surface area contributed by atoms with Gasteiger partial charge < -0.3 is 5.73 Å². The van der Waals surface area contributed by atoms with Crippen molar-refractivity contribution < 1.29 is 0 Å². The third-order valence-electron chi connectivity index (χ3n) is 2.51. The highest BCUT2D eigenvalue weighted by atomic mass is 35.5. The van der Waals surface area contributed by atoms with Crippen LogP contribution in [0.4, 0.5) is 0 Å². The molecule has 82 valence electrons. The smallest absolute Gasteiger partial charge is 0.135 e. The Hall–Kier alpha value is -0.350. The second-order valence-electron chi connectivity index (χ2n) is 3.97. The minimum atomic E-state index is 0.293. The summed E-state index contributed by atoms with van der Waals surface area (Å²) in [6.07, 6.45) is 0. The molecule has 0 aliphatic carbocycles. The van der Waals surface area contributed by atoms with Crippen LogP contribution in [0.5, 0.6) is 0 Å². The lowest BCUT2D eigenvalue weighted by atomic mass is 10.1. The molecule has 1 aliphatic heterocycles. The molecule has 0 spiro atoms. The van der Waals surface area contributed by atoms with E-state index in [-0.39, 0.29) is 0 Å². The maximum Gasteiger partial charge on any atom is 0.135 e. The highest BCUT2D eigenvalue weighted by Gasteiger charge is 2.24. The molecule has 1 saturated heterocycles. The first-order chi connectivity index (χ1) is 7.06. The average Bonchev–Trinajstić information content (AvgIpc) is 2.07. The Morgan fingerprint density at radius 2 is 2.20 bits per heavy atom. The standard InChI is InChI=1S/C10H13Cl2N3/c1-6-2-9(11)8(10(12)14-6)5-15-3-7(13)4-15/h2,7H,3-5,13H2,1H3. The Bertz CT molecular complexity index is 352. The van der Waals surface area contributed by atoms with Crippen LogP contribution >= 0.6 is 23.2 Å². The zero-order valence-electron chi connectivity index (χ0n) is 8.50. The molecule has 0 radical (unpaired) electrons. The Balaban J connectivity index is 2.14. The molecule has 1 aliphatic rings. The summed E-state index contributed by atoms with van der Waals surface area (Å²) < 4.78 is 0. The number of nitrogens with two attached hydrogens (primary N) is 1. The summed E-state index contributed by atoms with van der Waals surface area (Å²) in [6.45, 7) is 4.42. The molecule has 1 fully saturated rings. The first kappa shape index (κ1) is 11.1. The van der Waals surface area contributed by atoms with Gasteiger partial charge >= 0.3 is 0 Å². The maximum absolute atomic E-state index is 6.11. The molecule has 0 bridgehead atoms. The first-order valence-electron chi connectivity index (χ1n) is 4.85. The van der Waals surface area contributed by atoms with Crippen LogP contribution in [0.3, 0.4) is 0 Å². The van der Waals surface area contributed by atoms with E-state index in [0.29, 0.717) is 16.2 Å². The van der Waals surface area contributed by atoms with Crippen LogP contribution in [0, 0.1) is 6.92 Å². The van der Waals surface area contributed by atoms with Crippen molar-refractivity contribution in [3.63, 3.8) is 0 Å². The van der Waals surface area contributed by atoms with Crippen molar-refractivity contribution in [1.29, 1.82) is 0 Å². The first-order valence-corrected chi connectivity index (χ1v) is 5.61. The quantitative estimate of drug-likeness (QED) is 0.809. The monoisotopic (exact) mass is 245 g/mol. The van der Waals surface area contributed by atoms with Crippen LogP contribution in [-0.2, 0) is 6.54 Å². The number of hydrogen-bond donors (Lipinski definition) is 1. The summed E-state index contributed by atoms with van der Waals surface area (Å²) in [7, 11) is 0. The lowest BCUT2D eigenvalue weighted by Gasteiger charge is -2.37. The number of aryl methyl sites for hydroxylation is 1. The summed E-state index contributed by atoms with van der Waals surface area (Å²) >= 11 is 12.2. The van der Waals surface area contributed by atoms with Gasteiger partial charge in [-0.2, -0.15) is 0 Å². The normalized spacial score (nSPS) is 17.9. The molecule has 2 rings (SSSR count). The lowest BCUT2D eigenvalue weighted by molar-refractivity contribution is 0.142. The largest absolute Gasteiger partial charge is 0.325 e. The zero-order chi connectivity index (χ0) is 11.0. The fraction of sp³-hybridized carbons (Fsp3) is 0.500. The van der Waals surface area contributed by atoms with Crippen molar-refractivity contribution in [1.82, 2.24) is 9.88 Å². The number of likely N-dealkylation sites (tertiary alicyclic amines) is 1. The molecule has 15 heavy (non-hydrogen) atoms. The predicted molar refractivity (Wildman–Crippen MR) is 62.2 cm³/mol. The molecule has 0 atom stereocenters. The summed E-state index contributed by atoms with van der Waals surface area (Å²) in [6, 6.07) is 2.13. The van der Waals surface area contributed by atoms with Crippen LogP contribution in [0.1, 0.15) is 11.3 Å². The third kappa shape index (κ3) is 2.42. The molecule has 0 aromatic carbocycles. The number of aromatic nitrogens is 1. The van der Waals surface area contributed by atoms with Crippen molar-refractivity contribution in [3.05, 3.63) is 27.5 Å². The van der Waals surface area contributed by atoms with Gasteiger partial charge in [0.15, 0.2) is 0 Å². The second kappa shape index (κ2) is 4.26. The lowest BCUT2D eigenvalue weighted by Crippen LogP contribution is -2.54. The Kier molecular flexibility index (Phi) is 3.16. The third-order valence-corrected chi connectivity index (χ3v) is 3.16. The fourth-order valence-corrected chi connectivity index (χ4v) is 2.38. The van der Waals surface area contributed by atoms with Crippen LogP contribution in [0.25, 0.3) is 0 Å².